The Bertz CT molecular complexity index is 1300. The molecule has 1 fully saturated rings. The number of hydrazone groups is 1. The Balaban J connectivity index is 1.44. The molecule has 2 aromatic rings. The van der Waals surface area contributed by atoms with Gasteiger partial charge in [-0.05, 0) is 37.5 Å². The van der Waals surface area contributed by atoms with Gasteiger partial charge < -0.3 is 5.32 Å². The van der Waals surface area contributed by atoms with E-state index in [1.165, 1.54) is 0 Å². The molecule has 3 aliphatic rings. The van der Waals surface area contributed by atoms with Crippen LogP contribution in [-0.4, -0.2) is 66.2 Å². The predicted octanol–water partition coefficient (Wildman–Crippen LogP) is 2.14. The van der Waals surface area contributed by atoms with Gasteiger partial charge >= 0.3 is 0 Å². The number of fused-ring (bicyclic) bond motifs is 1. The van der Waals surface area contributed by atoms with Gasteiger partial charge in [-0.25, -0.2) is 13.4 Å². The molecular weight excluding hydrogens is 527 g/mol. The largest absolute Gasteiger partial charge is 0.363 e. The van der Waals surface area contributed by atoms with Gasteiger partial charge in [-0.1, -0.05) is 45.7 Å². The Morgan fingerprint density at radius 3 is 2.89 bits per heavy atom. The Kier molecular flexibility index (Phi) is 6.58. The molecule has 3 unspecified atom stereocenters. The molecule has 11 heteroatoms. The maximum atomic E-state index is 13.4. The average molecular weight is 553 g/mol. The molecule has 0 spiro atoms. The molecule has 35 heavy (non-hydrogen) atoms. The minimum absolute atomic E-state index is 0.00803. The van der Waals surface area contributed by atoms with Crippen LogP contribution in [0.4, 0.5) is 0 Å². The van der Waals surface area contributed by atoms with E-state index in [0.717, 1.165) is 29.9 Å². The minimum atomic E-state index is -3.70. The van der Waals surface area contributed by atoms with Gasteiger partial charge in [0.2, 0.25) is 10.0 Å². The lowest BCUT2D eigenvalue weighted by molar-refractivity contribution is 0.178. The highest BCUT2D eigenvalue weighted by Crippen LogP contribution is 2.36. The van der Waals surface area contributed by atoms with Crippen LogP contribution in [0, 0.1) is 5.92 Å². The molecule has 1 N–H and O–H groups in total. The molecule has 3 aliphatic heterocycles. The monoisotopic (exact) mass is 552 g/mol. The Morgan fingerprint density at radius 2 is 2.11 bits per heavy atom. The second kappa shape index (κ2) is 9.52. The van der Waals surface area contributed by atoms with Gasteiger partial charge in [0.25, 0.3) is 0 Å². The summed E-state index contributed by atoms with van der Waals surface area (Å²) in [5.74, 6) is 0.724. The van der Waals surface area contributed by atoms with Crippen molar-refractivity contribution in [2.75, 3.05) is 13.1 Å². The van der Waals surface area contributed by atoms with E-state index in [2.05, 4.69) is 38.3 Å². The number of hydrogen-bond donors (Lipinski definition) is 1. The van der Waals surface area contributed by atoms with Crippen molar-refractivity contribution in [3.63, 3.8) is 0 Å². The fourth-order valence-corrected chi connectivity index (χ4v) is 6.77. The number of pyridine rings is 1. The molecule has 1 saturated heterocycles. The van der Waals surface area contributed by atoms with Crippen LogP contribution in [0.1, 0.15) is 25.3 Å². The molecule has 8 nitrogen and oxygen atoms in total. The number of nitrogens with zero attached hydrogens (tertiary/aromatic N) is 5. The Morgan fingerprint density at radius 1 is 1.29 bits per heavy atom. The number of rotatable bonds is 5. The molecule has 2 radical (unpaired) electrons. The third-order valence-electron chi connectivity index (χ3n) is 6.70. The fourth-order valence-electron chi connectivity index (χ4n) is 4.72. The SMILES string of the molecule is [B]c1ccccc1S(=O)(=O)N1CCCC(C2=CC(=NCc3cccnc3)N3N=CC(Br)C3(C)N2)C1. The van der Waals surface area contributed by atoms with Crippen molar-refractivity contribution >= 4 is 51.3 Å². The van der Waals surface area contributed by atoms with E-state index in [-0.39, 0.29) is 21.1 Å². The first-order valence-electron chi connectivity index (χ1n) is 11.6. The van der Waals surface area contributed by atoms with Gasteiger partial charge in [0.05, 0.1) is 16.3 Å². The minimum Gasteiger partial charge on any atom is -0.363 e. The summed E-state index contributed by atoms with van der Waals surface area (Å²) in [6.45, 7) is 3.37. The van der Waals surface area contributed by atoms with Crippen LogP contribution in [0.2, 0.25) is 0 Å². The van der Waals surface area contributed by atoms with Gasteiger partial charge in [0.1, 0.15) is 19.3 Å². The zero-order valence-electron chi connectivity index (χ0n) is 19.4. The van der Waals surface area contributed by atoms with Gasteiger partial charge in [0, 0.05) is 49.4 Å². The number of nitrogens with one attached hydrogen (secondary N) is 1. The second-order valence-electron chi connectivity index (χ2n) is 9.13. The summed E-state index contributed by atoms with van der Waals surface area (Å²) >= 11 is 3.73. The summed E-state index contributed by atoms with van der Waals surface area (Å²) < 4.78 is 28.3. The molecule has 0 saturated carbocycles. The predicted molar refractivity (Wildman–Crippen MR) is 141 cm³/mol. The zero-order valence-corrected chi connectivity index (χ0v) is 21.8. The first kappa shape index (κ1) is 24.2. The lowest BCUT2D eigenvalue weighted by Crippen LogP contribution is -2.62. The first-order chi connectivity index (χ1) is 16.8. The number of piperidine rings is 1. The Hall–Kier alpha value is -2.50. The fraction of sp³-hybridized carbons (Fsp3) is 0.375. The summed E-state index contributed by atoms with van der Waals surface area (Å²) in [4.78, 5) is 9.14. The highest BCUT2D eigenvalue weighted by Gasteiger charge is 2.48. The van der Waals surface area contributed by atoms with Crippen LogP contribution < -0.4 is 10.8 Å². The van der Waals surface area contributed by atoms with Crippen LogP contribution >= 0.6 is 15.9 Å². The van der Waals surface area contributed by atoms with Crippen molar-refractivity contribution in [1.29, 1.82) is 0 Å². The van der Waals surface area contributed by atoms with Crippen LogP contribution in [-0.2, 0) is 16.6 Å². The third kappa shape index (κ3) is 4.57. The molecule has 0 bridgehead atoms. The van der Waals surface area contributed by atoms with Crippen molar-refractivity contribution in [3.8, 4) is 0 Å². The molecule has 4 heterocycles. The van der Waals surface area contributed by atoms with Crippen LogP contribution in [0.3, 0.4) is 0 Å². The number of benzene rings is 1. The molecule has 5 rings (SSSR count). The van der Waals surface area contributed by atoms with E-state index < -0.39 is 15.7 Å². The molecule has 3 atom stereocenters. The van der Waals surface area contributed by atoms with E-state index in [4.69, 9.17) is 12.8 Å². The van der Waals surface area contributed by atoms with Crippen molar-refractivity contribution < 1.29 is 8.42 Å². The van der Waals surface area contributed by atoms with Gasteiger partial charge in [-0.3, -0.25) is 9.98 Å². The van der Waals surface area contributed by atoms with E-state index in [9.17, 15) is 8.42 Å². The van der Waals surface area contributed by atoms with E-state index in [1.807, 2.05) is 29.4 Å². The normalized spacial score (nSPS) is 28.0. The molecule has 0 aliphatic carbocycles. The molecule has 1 aromatic heterocycles. The highest BCUT2D eigenvalue weighted by molar-refractivity contribution is 9.10. The second-order valence-corrected chi connectivity index (χ2v) is 12.0. The average Bonchev–Trinajstić information content (AvgIpc) is 3.17. The van der Waals surface area contributed by atoms with Crippen molar-refractivity contribution in [1.82, 2.24) is 19.6 Å². The lowest BCUT2D eigenvalue weighted by Gasteiger charge is -2.45. The number of aliphatic imine (C=N–C) groups is 1. The summed E-state index contributed by atoms with van der Waals surface area (Å²) in [7, 11) is 2.31. The van der Waals surface area contributed by atoms with Crippen molar-refractivity contribution in [2.24, 2.45) is 16.0 Å². The van der Waals surface area contributed by atoms with E-state index in [1.54, 1.807) is 41.0 Å². The number of halogens is 1. The van der Waals surface area contributed by atoms with Crippen molar-refractivity contribution in [2.45, 2.75) is 41.7 Å². The number of hydrogen-bond acceptors (Lipinski definition) is 6. The number of amidine groups is 1. The first-order valence-corrected chi connectivity index (χ1v) is 13.9. The maximum Gasteiger partial charge on any atom is 0.242 e. The zero-order chi connectivity index (χ0) is 24.6. The number of sulfonamides is 1. The van der Waals surface area contributed by atoms with Crippen LogP contribution in [0.5, 0.6) is 0 Å². The summed E-state index contributed by atoms with van der Waals surface area (Å²) in [6.07, 6.45) is 9.01. The third-order valence-corrected chi connectivity index (χ3v) is 9.76. The molecular formula is C24H26BBrN6O2S. The smallest absolute Gasteiger partial charge is 0.242 e. The number of alkyl halides is 1. The quantitative estimate of drug-likeness (QED) is 0.453. The summed E-state index contributed by atoms with van der Waals surface area (Å²) in [5.41, 5.74) is 1.68. The van der Waals surface area contributed by atoms with Gasteiger partial charge in [0.15, 0.2) is 0 Å². The standard InChI is InChI=1S/C24H26BBrN6O2S/c1-24-22(26)15-29-32(24)23(28-14-17-6-4-10-27-13-17)12-20(30-24)18-7-5-11-31(16-18)35(33,34)21-9-3-2-8-19(21)25/h2-4,6,8-10,12-13,15,18,22,30H,5,7,11,14,16H2,1H3. The number of aromatic nitrogens is 1. The van der Waals surface area contributed by atoms with Crippen LogP contribution in [0.15, 0.2) is 75.6 Å². The van der Waals surface area contributed by atoms with Gasteiger partial charge in [-0.2, -0.15) is 9.41 Å². The summed E-state index contributed by atoms with van der Waals surface area (Å²) in [6, 6.07) is 10.5. The Labute approximate surface area is 215 Å². The topological polar surface area (TPSA) is 90.3 Å². The van der Waals surface area contributed by atoms with Crippen LogP contribution in [0.25, 0.3) is 0 Å². The van der Waals surface area contributed by atoms with E-state index in [0.29, 0.717) is 19.6 Å². The van der Waals surface area contributed by atoms with Gasteiger partial charge in [-0.15, -0.1) is 0 Å². The molecule has 180 valence electrons. The maximum absolute atomic E-state index is 13.4. The van der Waals surface area contributed by atoms with Crippen molar-refractivity contribution in [3.05, 3.63) is 66.1 Å². The molecule has 0 amide bonds. The van der Waals surface area contributed by atoms with E-state index >= 15 is 0 Å². The lowest BCUT2D eigenvalue weighted by atomic mass is 9.92. The highest BCUT2D eigenvalue weighted by atomic mass is 79.9. The molecule has 1 aromatic carbocycles. The summed E-state index contributed by atoms with van der Waals surface area (Å²) in [5, 5.41) is 10.1.